The molecule has 0 radical (unpaired) electrons. The Labute approximate surface area is 113 Å². The van der Waals surface area contributed by atoms with Crippen molar-refractivity contribution in [1.82, 2.24) is 16.0 Å². The lowest BCUT2D eigenvalue weighted by molar-refractivity contribution is -0.122. The van der Waals surface area contributed by atoms with Crippen molar-refractivity contribution < 1.29 is 9.59 Å². The van der Waals surface area contributed by atoms with Gasteiger partial charge in [0.2, 0.25) is 5.91 Å². The summed E-state index contributed by atoms with van der Waals surface area (Å²) in [5.74, 6) is -0.180. The van der Waals surface area contributed by atoms with Crippen molar-refractivity contribution in [1.29, 1.82) is 0 Å². The average molecular weight is 263 g/mol. The van der Waals surface area contributed by atoms with Gasteiger partial charge in [-0.15, -0.1) is 0 Å². The first-order valence-corrected chi connectivity index (χ1v) is 6.49. The standard InChI is InChI=1S/C14H21N3O2/c1-3-15-13(18)11(2)17-14(19)16-10-9-12-7-5-4-6-8-12/h4-8,11H,3,9-10H2,1-2H3,(H,15,18)(H2,16,17,19). The Morgan fingerprint density at radius 3 is 2.47 bits per heavy atom. The Morgan fingerprint density at radius 2 is 1.84 bits per heavy atom. The quantitative estimate of drug-likeness (QED) is 0.718. The highest BCUT2D eigenvalue weighted by atomic mass is 16.2. The van der Waals surface area contributed by atoms with Gasteiger partial charge in [-0.05, 0) is 25.8 Å². The third-order valence-electron chi connectivity index (χ3n) is 2.63. The van der Waals surface area contributed by atoms with E-state index in [9.17, 15) is 9.59 Å². The molecule has 1 unspecified atom stereocenters. The topological polar surface area (TPSA) is 70.2 Å². The Balaban J connectivity index is 2.23. The molecule has 3 N–H and O–H groups in total. The van der Waals surface area contributed by atoms with Crippen LogP contribution in [0.15, 0.2) is 30.3 Å². The number of benzene rings is 1. The normalized spacial score (nSPS) is 11.5. The number of nitrogens with one attached hydrogen (secondary N) is 3. The Kier molecular flexibility index (Phi) is 6.43. The van der Waals surface area contributed by atoms with E-state index in [0.717, 1.165) is 6.42 Å². The number of carbonyl (C=O) groups is 2. The molecule has 0 saturated carbocycles. The largest absolute Gasteiger partial charge is 0.355 e. The van der Waals surface area contributed by atoms with Crippen LogP contribution in [-0.4, -0.2) is 31.1 Å². The van der Waals surface area contributed by atoms with Gasteiger partial charge in [0.05, 0.1) is 0 Å². The number of urea groups is 1. The summed E-state index contributed by atoms with van der Waals surface area (Å²) in [4.78, 5) is 23.0. The Hall–Kier alpha value is -2.04. The Morgan fingerprint density at radius 1 is 1.16 bits per heavy atom. The molecule has 5 nitrogen and oxygen atoms in total. The summed E-state index contributed by atoms with van der Waals surface area (Å²) in [6.45, 7) is 4.59. The second kappa shape index (κ2) is 8.13. The molecule has 1 aromatic carbocycles. The predicted molar refractivity (Wildman–Crippen MR) is 74.8 cm³/mol. The van der Waals surface area contributed by atoms with Crippen LogP contribution in [0.1, 0.15) is 19.4 Å². The van der Waals surface area contributed by atoms with Gasteiger partial charge in [-0.25, -0.2) is 4.79 Å². The van der Waals surface area contributed by atoms with E-state index in [1.807, 2.05) is 37.3 Å². The number of hydrogen-bond acceptors (Lipinski definition) is 2. The van der Waals surface area contributed by atoms with Gasteiger partial charge >= 0.3 is 6.03 Å². The van der Waals surface area contributed by atoms with E-state index in [0.29, 0.717) is 13.1 Å². The number of amides is 3. The van der Waals surface area contributed by atoms with Gasteiger partial charge in [0, 0.05) is 13.1 Å². The van der Waals surface area contributed by atoms with Gasteiger partial charge in [-0.3, -0.25) is 4.79 Å². The van der Waals surface area contributed by atoms with Crippen LogP contribution in [0.25, 0.3) is 0 Å². The van der Waals surface area contributed by atoms with E-state index in [4.69, 9.17) is 0 Å². The summed E-state index contributed by atoms with van der Waals surface area (Å²) in [6, 6.07) is 9.05. The highest BCUT2D eigenvalue weighted by Crippen LogP contribution is 1.97. The molecule has 104 valence electrons. The van der Waals surface area contributed by atoms with Crippen molar-refractivity contribution in [2.45, 2.75) is 26.3 Å². The first-order valence-electron chi connectivity index (χ1n) is 6.49. The molecule has 5 heteroatoms. The van der Waals surface area contributed by atoms with Crippen molar-refractivity contribution in [2.24, 2.45) is 0 Å². The van der Waals surface area contributed by atoms with Gasteiger partial charge < -0.3 is 16.0 Å². The minimum atomic E-state index is -0.531. The first kappa shape index (κ1) is 15.0. The Bertz CT molecular complexity index is 406. The summed E-state index contributed by atoms with van der Waals surface area (Å²) in [7, 11) is 0. The van der Waals surface area contributed by atoms with Crippen LogP contribution in [0.3, 0.4) is 0 Å². The average Bonchev–Trinajstić information content (AvgIpc) is 2.40. The molecule has 0 fully saturated rings. The SMILES string of the molecule is CCNC(=O)C(C)NC(=O)NCCc1ccccc1. The van der Waals surface area contributed by atoms with Crippen molar-refractivity contribution >= 4 is 11.9 Å². The zero-order valence-electron chi connectivity index (χ0n) is 11.4. The summed E-state index contributed by atoms with van der Waals surface area (Å²) in [6.07, 6.45) is 0.768. The van der Waals surface area contributed by atoms with E-state index in [-0.39, 0.29) is 11.9 Å². The van der Waals surface area contributed by atoms with Gasteiger partial charge in [-0.1, -0.05) is 30.3 Å². The fraction of sp³-hybridized carbons (Fsp3) is 0.429. The molecule has 0 aliphatic rings. The number of carbonyl (C=O) groups excluding carboxylic acids is 2. The molecule has 0 aliphatic carbocycles. The summed E-state index contributed by atoms with van der Waals surface area (Å²) in [5.41, 5.74) is 1.17. The molecule has 0 aliphatic heterocycles. The molecule has 19 heavy (non-hydrogen) atoms. The van der Waals surface area contributed by atoms with Crippen LogP contribution in [-0.2, 0) is 11.2 Å². The summed E-state index contributed by atoms with van der Waals surface area (Å²) in [5, 5.41) is 7.97. The van der Waals surface area contributed by atoms with Gasteiger partial charge in [0.1, 0.15) is 6.04 Å². The van der Waals surface area contributed by atoms with Gasteiger partial charge in [-0.2, -0.15) is 0 Å². The maximum Gasteiger partial charge on any atom is 0.315 e. The maximum absolute atomic E-state index is 11.6. The van der Waals surface area contributed by atoms with Crippen LogP contribution in [0.4, 0.5) is 4.79 Å². The van der Waals surface area contributed by atoms with Crippen molar-refractivity contribution in [3.05, 3.63) is 35.9 Å². The minimum Gasteiger partial charge on any atom is -0.355 e. The predicted octanol–water partition coefficient (Wildman–Crippen LogP) is 1.05. The highest BCUT2D eigenvalue weighted by Gasteiger charge is 2.13. The van der Waals surface area contributed by atoms with Crippen LogP contribution in [0.2, 0.25) is 0 Å². The highest BCUT2D eigenvalue weighted by molar-refractivity contribution is 5.86. The van der Waals surface area contributed by atoms with Crippen LogP contribution < -0.4 is 16.0 Å². The molecular formula is C14H21N3O2. The van der Waals surface area contributed by atoms with Crippen molar-refractivity contribution in [3.8, 4) is 0 Å². The molecule has 0 spiro atoms. The van der Waals surface area contributed by atoms with Gasteiger partial charge in [0.25, 0.3) is 0 Å². The zero-order chi connectivity index (χ0) is 14.1. The fourth-order valence-corrected chi connectivity index (χ4v) is 1.61. The van der Waals surface area contributed by atoms with Gasteiger partial charge in [0.15, 0.2) is 0 Å². The second-order valence-electron chi connectivity index (χ2n) is 4.25. The van der Waals surface area contributed by atoms with E-state index < -0.39 is 6.04 Å². The third-order valence-corrected chi connectivity index (χ3v) is 2.63. The van der Waals surface area contributed by atoms with Crippen LogP contribution in [0.5, 0.6) is 0 Å². The molecular weight excluding hydrogens is 242 g/mol. The molecule has 0 saturated heterocycles. The smallest absolute Gasteiger partial charge is 0.315 e. The van der Waals surface area contributed by atoms with E-state index in [1.165, 1.54) is 5.56 Å². The lowest BCUT2D eigenvalue weighted by Crippen LogP contribution is -2.48. The van der Waals surface area contributed by atoms with E-state index in [1.54, 1.807) is 6.92 Å². The molecule has 3 amide bonds. The minimum absolute atomic E-state index is 0.180. The first-order chi connectivity index (χ1) is 9.13. The number of likely N-dealkylation sites (N-methyl/N-ethyl adjacent to an activating group) is 1. The molecule has 1 aromatic rings. The number of hydrogen-bond donors (Lipinski definition) is 3. The number of rotatable bonds is 6. The van der Waals surface area contributed by atoms with Crippen LogP contribution in [0, 0.1) is 0 Å². The molecule has 0 bridgehead atoms. The zero-order valence-corrected chi connectivity index (χ0v) is 11.4. The molecule has 0 aromatic heterocycles. The molecule has 1 rings (SSSR count). The fourth-order valence-electron chi connectivity index (χ4n) is 1.61. The monoisotopic (exact) mass is 263 g/mol. The lowest BCUT2D eigenvalue weighted by Gasteiger charge is -2.14. The molecule has 1 atom stereocenters. The summed E-state index contributed by atoms with van der Waals surface area (Å²) >= 11 is 0. The lowest BCUT2D eigenvalue weighted by atomic mass is 10.1. The van der Waals surface area contributed by atoms with E-state index in [2.05, 4.69) is 16.0 Å². The van der Waals surface area contributed by atoms with E-state index >= 15 is 0 Å². The molecule has 0 heterocycles. The maximum atomic E-state index is 11.6. The second-order valence-corrected chi connectivity index (χ2v) is 4.25. The van der Waals surface area contributed by atoms with Crippen molar-refractivity contribution in [2.75, 3.05) is 13.1 Å². The van der Waals surface area contributed by atoms with Crippen molar-refractivity contribution in [3.63, 3.8) is 0 Å². The third kappa shape index (κ3) is 5.90. The summed E-state index contributed by atoms with van der Waals surface area (Å²) < 4.78 is 0. The van der Waals surface area contributed by atoms with Crippen LogP contribution >= 0.6 is 0 Å².